The van der Waals surface area contributed by atoms with Gasteiger partial charge in [0.1, 0.15) is 16.7 Å². The Balaban J connectivity index is 2.20. The van der Waals surface area contributed by atoms with Crippen LogP contribution in [0.25, 0.3) is 0 Å². The zero-order valence-corrected chi connectivity index (χ0v) is 13.3. The molecule has 1 heterocycles. The molecule has 0 atom stereocenters. The highest BCUT2D eigenvalue weighted by Crippen LogP contribution is 2.28. The Kier molecular flexibility index (Phi) is 4.65. The smallest absolute Gasteiger partial charge is 0.134 e. The number of thioether (sulfide) groups is 1. The number of anilines is 1. The second-order valence-corrected chi connectivity index (χ2v) is 6.29. The first-order valence-electron chi connectivity index (χ1n) is 6.79. The molecule has 1 aromatic carbocycles. The molecule has 0 spiro atoms. The summed E-state index contributed by atoms with van der Waals surface area (Å²) in [5.41, 5.74) is 9.55. The molecule has 0 saturated heterocycles. The van der Waals surface area contributed by atoms with Crippen molar-refractivity contribution in [3.8, 4) is 0 Å². The first-order chi connectivity index (χ1) is 9.47. The molecule has 1 aromatic heterocycles. The minimum Gasteiger partial charge on any atom is -0.383 e. The maximum Gasteiger partial charge on any atom is 0.134 e. The molecule has 0 fully saturated rings. The first kappa shape index (κ1) is 14.9. The van der Waals surface area contributed by atoms with Crippen LogP contribution in [0.5, 0.6) is 0 Å². The van der Waals surface area contributed by atoms with Crippen molar-refractivity contribution in [3.63, 3.8) is 0 Å². The lowest BCUT2D eigenvalue weighted by molar-refractivity contribution is 0.751. The van der Waals surface area contributed by atoms with E-state index in [-0.39, 0.29) is 5.92 Å². The highest BCUT2D eigenvalue weighted by Gasteiger charge is 2.11. The molecule has 2 N–H and O–H groups in total. The van der Waals surface area contributed by atoms with Gasteiger partial charge in [-0.25, -0.2) is 9.97 Å². The third-order valence-electron chi connectivity index (χ3n) is 3.13. The average Bonchev–Trinajstić information content (AvgIpc) is 2.40. The van der Waals surface area contributed by atoms with Gasteiger partial charge in [-0.3, -0.25) is 0 Å². The predicted molar refractivity (Wildman–Crippen MR) is 86.0 cm³/mol. The van der Waals surface area contributed by atoms with Crippen molar-refractivity contribution < 1.29 is 0 Å². The van der Waals surface area contributed by atoms with Crippen molar-refractivity contribution in [1.29, 1.82) is 0 Å². The Hall–Kier alpha value is -1.55. The summed E-state index contributed by atoms with van der Waals surface area (Å²) >= 11 is 1.72. The number of hydrogen-bond donors (Lipinski definition) is 1. The average molecular weight is 287 g/mol. The van der Waals surface area contributed by atoms with E-state index in [9.17, 15) is 0 Å². The lowest BCUT2D eigenvalue weighted by Gasteiger charge is -2.11. The Morgan fingerprint density at radius 3 is 2.60 bits per heavy atom. The highest BCUT2D eigenvalue weighted by molar-refractivity contribution is 7.98. The van der Waals surface area contributed by atoms with Crippen molar-refractivity contribution in [2.45, 2.75) is 44.4 Å². The molecule has 0 radical (unpaired) electrons. The fourth-order valence-electron chi connectivity index (χ4n) is 1.88. The van der Waals surface area contributed by atoms with Gasteiger partial charge in [0, 0.05) is 17.2 Å². The van der Waals surface area contributed by atoms with Gasteiger partial charge in [-0.2, -0.15) is 0 Å². The standard InChI is InChI=1S/C16H21N3S/c1-10(2)15-18-14(17)12(4)16(19-15)20-9-13-7-5-6-11(3)8-13/h5-8,10H,9H2,1-4H3,(H2,17,18,19). The number of rotatable bonds is 4. The van der Waals surface area contributed by atoms with E-state index in [0.717, 1.165) is 22.2 Å². The summed E-state index contributed by atoms with van der Waals surface area (Å²) in [5, 5.41) is 0.989. The van der Waals surface area contributed by atoms with E-state index in [0.29, 0.717) is 5.82 Å². The normalized spacial score (nSPS) is 11.1. The van der Waals surface area contributed by atoms with E-state index in [2.05, 4.69) is 55.0 Å². The highest BCUT2D eigenvalue weighted by atomic mass is 32.2. The third-order valence-corrected chi connectivity index (χ3v) is 4.28. The van der Waals surface area contributed by atoms with E-state index in [1.807, 2.05) is 6.92 Å². The fourth-order valence-corrected chi connectivity index (χ4v) is 2.84. The van der Waals surface area contributed by atoms with Gasteiger partial charge in [-0.15, -0.1) is 11.8 Å². The van der Waals surface area contributed by atoms with Gasteiger partial charge >= 0.3 is 0 Å². The molecule has 0 aliphatic heterocycles. The quantitative estimate of drug-likeness (QED) is 0.679. The lowest BCUT2D eigenvalue weighted by atomic mass is 10.2. The first-order valence-corrected chi connectivity index (χ1v) is 7.78. The second kappa shape index (κ2) is 6.27. The van der Waals surface area contributed by atoms with Gasteiger partial charge in [-0.1, -0.05) is 43.7 Å². The summed E-state index contributed by atoms with van der Waals surface area (Å²) in [6, 6.07) is 8.55. The van der Waals surface area contributed by atoms with Crippen LogP contribution < -0.4 is 5.73 Å². The molecule has 0 unspecified atom stereocenters. The molecule has 0 bridgehead atoms. The summed E-state index contributed by atoms with van der Waals surface area (Å²) in [6.45, 7) is 8.26. The molecule has 4 heteroatoms. The van der Waals surface area contributed by atoms with Crippen LogP contribution in [0, 0.1) is 13.8 Å². The number of aromatic nitrogens is 2. The molecular weight excluding hydrogens is 266 g/mol. The number of nitrogens with zero attached hydrogens (tertiary/aromatic N) is 2. The van der Waals surface area contributed by atoms with Crippen molar-refractivity contribution >= 4 is 17.6 Å². The van der Waals surface area contributed by atoms with Gasteiger partial charge in [0.05, 0.1) is 0 Å². The van der Waals surface area contributed by atoms with E-state index in [1.54, 1.807) is 11.8 Å². The molecular formula is C16H21N3S. The fraction of sp³-hybridized carbons (Fsp3) is 0.375. The third kappa shape index (κ3) is 3.51. The summed E-state index contributed by atoms with van der Waals surface area (Å²) in [4.78, 5) is 9.00. The molecule has 2 rings (SSSR count). The zero-order chi connectivity index (χ0) is 14.7. The monoisotopic (exact) mass is 287 g/mol. The van der Waals surface area contributed by atoms with Gasteiger partial charge < -0.3 is 5.73 Å². The number of benzene rings is 1. The van der Waals surface area contributed by atoms with Gasteiger partial charge in [-0.05, 0) is 19.4 Å². The SMILES string of the molecule is Cc1cccc(CSc2nc(C(C)C)nc(N)c2C)c1. The number of hydrogen-bond acceptors (Lipinski definition) is 4. The van der Waals surface area contributed by atoms with Crippen molar-refractivity contribution in [2.75, 3.05) is 5.73 Å². The van der Waals surface area contributed by atoms with Crippen molar-refractivity contribution in [1.82, 2.24) is 9.97 Å². The Labute approximate surface area is 125 Å². The van der Waals surface area contributed by atoms with Crippen LogP contribution in [0.2, 0.25) is 0 Å². The molecule has 0 saturated carbocycles. The number of nitrogens with two attached hydrogens (primary N) is 1. The number of nitrogen functional groups attached to an aromatic ring is 1. The van der Waals surface area contributed by atoms with Crippen LogP contribution in [-0.4, -0.2) is 9.97 Å². The Bertz CT molecular complexity index is 609. The van der Waals surface area contributed by atoms with E-state index in [1.165, 1.54) is 11.1 Å². The van der Waals surface area contributed by atoms with Gasteiger partial charge in [0.25, 0.3) is 0 Å². The second-order valence-electron chi connectivity index (χ2n) is 5.33. The largest absolute Gasteiger partial charge is 0.383 e. The van der Waals surface area contributed by atoms with E-state index >= 15 is 0 Å². The molecule has 106 valence electrons. The minimum absolute atomic E-state index is 0.288. The lowest BCUT2D eigenvalue weighted by Crippen LogP contribution is -2.05. The topological polar surface area (TPSA) is 51.8 Å². The summed E-state index contributed by atoms with van der Waals surface area (Å²) in [7, 11) is 0. The minimum atomic E-state index is 0.288. The van der Waals surface area contributed by atoms with Crippen LogP contribution in [0.15, 0.2) is 29.3 Å². The van der Waals surface area contributed by atoms with Crippen molar-refractivity contribution in [2.24, 2.45) is 0 Å². The molecule has 3 nitrogen and oxygen atoms in total. The van der Waals surface area contributed by atoms with Crippen LogP contribution in [0.4, 0.5) is 5.82 Å². The molecule has 2 aromatic rings. The summed E-state index contributed by atoms with van der Waals surface area (Å²) in [6.07, 6.45) is 0. The van der Waals surface area contributed by atoms with Crippen LogP contribution in [0.1, 0.15) is 42.3 Å². The maximum atomic E-state index is 5.99. The Morgan fingerprint density at radius 2 is 1.95 bits per heavy atom. The molecule has 20 heavy (non-hydrogen) atoms. The van der Waals surface area contributed by atoms with Crippen LogP contribution >= 0.6 is 11.8 Å². The molecule has 0 aliphatic carbocycles. The van der Waals surface area contributed by atoms with Crippen LogP contribution in [-0.2, 0) is 5.75 Å². The maximum absolute atomic E-state index is 5.99. The summed E-state index contributed by atoms with van der Waals surface area (Å²) in [5.74, 6) is 2.60. The van der Waals surface area contributed by atoms with Crippen molar-refractivity contribution in [3.05, 3.63) is 46.8 Å². The Morgan fingerprint density at radius 1 is 1.20 bits per heavy atom. The van der Waals surface area contributed by atoms with E-state index < -0.39 is 0 Å². The zero-order valence-electron chi connectivity index (χ0n) is 12.5. The summed E-state index contributed by atoms with van der Waals surface area (Å²) < 4.78 is 0. The molecule has 0 amide bonds. The molecule has 0 aliphatic rings. The predicted octanol–water partition coefficient (Wildman–Crippen LogP) is 4.09. The van der Waals surface area contributed by atoms with Crippen LogP contribution in [0.3, 0.4) is 0 Å². The van der Waals surface area contributed by atoms with E-state index in [4.69, 9.17) is 5.73 Å². The number of aryl methyl sites for hydroxylation is 1. The van der Waals surface area contributed by atoms with Gasteiger partial charge in [0.15, 0.2) is 0 Å². The van der Waals surface area contributed by atoms with Gasteiger partial charge in [0.2, 0.25) is 0 Å².